The van der Waals surface area contributed by atoms with Crippen LogP contribution in [0.4, 0.5) is 4.39 Å². The Bertz CT molecular complexity index is 487. The number of carbonyl (C=O) groups is 1. The van der Waals surface area contributed by atoms with E-state index in [1.54, 1.807) is 13.0 Å². The SMILES string of the molecule is CCC(C#N)(CC)NC(=O)c1ccc(C)cc1F. The van der Waals surface area contributed by atoms with Crippen molar-refractivity contribution in [2.75, 3.05) is 0 Å². The van der Waals surface area contributed by atoms with Crippen LogP contribution in [0.2, 0.25) is 0 Å². The summed E-state index contributed by atoms with van der Waals surface area (Å²) >= 11 is 0. The van der Waals surface area contributed by atoms with Gasteiger partial charge in [-0.3, -0.25) is 4.79 Å². The zero-order valence-electron chi connectivity index (χ0n) is 10.9. The average Bonchev–Trinajstić information content (AvgIpc) is 2.36. The van der Waals surface area contributed by atoms with Crippen molar-refractivity contribution in [2.45, 2.75) is 39.2 Å². The summed E-state index contributed by atoms with van der Waals surface area (Å²) in [7, 11) is 0. The Morgan fingerprint density at radius 1 is 1.44 bits per heavy atom. The number of hydrogen-bond acceptors (Lipinski definition) is 2. The molecule has 0 atom stereocenters. The molecule has 1 rings (SSSR count). The fraction of sp³-hybridized carbons (Fsp3) is 0.429. The third-order valence-corrected chi connectivity index (χ3v) is 3.14. The number of amides is 1. The van der Waals surface area contributed by atoms with Gasteiger partial charge in [0.2, 0.25) is 0 Å². The summed E-state index contributed by atoms with van der Waals surface area (Å²) in [5.74, 6) is -1.11. The van der Waals surface area contributed by atoms with Crippen molar-refractivity contribution < 1.29 is 9.18 Å². The van der Waals surface area contributed by atoms with E-state index < -0.39 is 17.3 Å². The lowest BCUT2D eigenvalue weighted by Crippen LogP contribution is -2.46. The highest BCUT2D eigenvalue weighted by Crippen LogP contribution is 2.16. The first-order valence-corrected chi connectivity index (χ1v) is 5.98. The summed E-state index contributed by atoms with van der Waals surface area (Å²) in [5.41, 5.74) is -0.197. The molecule has 1 N–H and O–H groups in total. The molecule has 1 aromatic carbocycles. The van der Waals surface area contributed by atoms with Crippen LogP contribution in [0.15, 0.2) is 18.2 Å². The Labute approximate surface area is 107 Å². The van der Waals surface area contributed by atoms with Crippen LogP contribution >= 0.6 is 0 Å². The van der Waals surface area contributed by atoms with Gasteiger partial charge in [-0.15, -0.1) is 0 Å². The Kier molecular flexibility index (Phi) is 4.43. The van der Waals surface area contributed by atoms with Crippen LogP contribution in [-0.4, -0.2) is 11.4 Å². The number of rotatable bonds is 4. The van der Waals surface area contributed by atoms with Gasteiger partial charge < -0.3 is 5.32 Å². The summed E-state index contributed by atoms with van der Waals surface area (Å²) in [5, 5.41) is 11.7. The van der Waals surface area contributed by atoms with Crippen LogP contribution in [0.5, 0.6) is 0 Å². The fourth-order valence-corrected chi connectivity index (χ4v) is 1.70. The zero-order valence-corrected chi connectivity index (χ0v) is 10.9. The first kappa shape index (κ1) is 14.2. The molecular formula is C14H17FN2O. The maximum absolute atomic E-state index is 13.6. The molecule has 0 aliphatic carbocycles. The summed E-state index contributed by atoms with van der Waals surface area (Å²) in [6, 6.07) is 6.51. The van der Waals surface area contributed by atoms with Crippen LogP contribution in [-0.2, 0) is 0 Å². The second-order valence-corrected chi connectivity index (χ2v) is 4.34. The van der Waals surface area contributed by atoms with Gasteiger partial charge in [0.05, 0.1) is 11.6 Å². The van der Waals surface area contributed by atoms with E-state index in [0.717, 1.165) is 5.56 Å². The van der Waals surface area contributed by atoms with Gasteiger partial charge in [0.25, 0.3) is 5.91 Å². The molecule has 0 unspecified atom stereocenters. The van der Waals surface area contributed by atoms with Gasteiger partial charge in [0, 0.05) is 0 Å². The molecule has 1 amide bonds. The molecule has 4 heteroatoms. The van der Waals surface area contributed by atoms with Gasteiger partial charge in [0.1, 0.15) is 11.4 Å². The fourth-order valence-electron chi connectivity index (χ4n) is 1.70. The molecule has 0 saturated carbocycles. The molecule has 0 aromatic heterocycles. The van der Waals surface area contributed by atoms with Crippen LogP contribution in [0.1, 0.15) is 42.6 Å². The lowest BCUT2D eigenvalue weighted by molar-refractivity contribution is 0.0911. The standard InChI is InChI=1S/C14H17FN2O/c1-4-14(5-2,9-16)17-13(18)11-7-6-10(3)8-12(11)15/h6-8H,4-5H2,1-3H3,(H,17,18). The van der Waals surface area contributed by atoms with E-state index in [9.17, 15) is 9.18 Å². The van der Waals surface area contributed by atoms with E-state index in [1.165, 1.54) is 12.1 Å². The van der Waals surface area contributed by atoms with Gasteiger partial charge in [-0.1, -0.05) is 19.9 Å². The molecule has 0 bridgehead atoms. The number of carbonyl (C=O) groups excluding carboxylic acids is 1. The molecule has 1 aromatic rings. The van der Waals surface area contributed by atoms with Crippen molar-refractivity contribution >= 4 is 5.91 Å². The van der Waals surface area contributed by atoms with Crippen molar-refractivity contribution in [3.63, 3.8) is 0 Å². The summed E-state index contributed by atoms with van der Waals surface area (Å²) in [6.07, 6.45) is 0.971. The smallest absolute Gasteiger partial charge is 0.255 e. The zero-order chi connectivity index (χ0) is 13.8. The highest BCUT2D eigenvalue weighted by Gasteiger charge is 2.28. The van der Waals surface area contributed by atoms with Crippen LogP contribution < -0.4 is 5.32 Å². The molecule has 0 fully saturated rings. The second-order valence-electron chi connectivity index (χ2n) is 4.34. The van der Waals surface area contributed by atoms with Gasteiger partial charge in [-0.2, -0.15) is 5.26 Å². The first-order chi connectivity index (χ1) is 8.48. The van der Waals surface area contributed by atoms with E-state index >= 15 is 0 Å². The van der Waals surface area contributed by atoms with Crippen LogP contribution in [0.3, 0.4) is 0 Å². The molecule has 0 spiro atoms. The first-order valence-electron chi connectivity index (χ1n) is 5.98. The maximum atomic E-state index is 13.6. The van der Waals surface area contributed by atoms with Gasteiger partial charge in [0.15, 0.2) is 0 Å². The molecular weight excluding hydrogens is 231 g/mol. The third kappa shape index (κ3) is 2.86. The lowest BCUT2D eigenvalue weighted by Gasteiger charge is -2.25. The van der Waals surface area contributed by atoms with Gasteiger partial charge in [-0.05, 0) is 37.5 Å². The predicted molar refractivity (Wildman–Crippen MR) is 67.5 cm³/mol. The number of nitrogens with one attached hydrogen (secondary N) is 1. The minimum atomic E-state index is -0.922. The quantitative estimate of drug-likeness (QED) is 0.890. The Balaban J connectivity index is 2.99. The average molecular weight is 248 g/mol. The van der Waals surface area contributed by atoms with Crippen molar-refractivity contribution in [1.29, 1.82) is 5.26 Å². The number of hydrogen-bond donors (Lipinski definition) is 1. The molecule has 96 valence electrons. The monoisotopic (exact) mass is 248 g/mol. The summed E-state index contributed by atoms with van der Waals surface area (Å²) < 4.78 is 13.6. The Morgan fingerprint density at radius 2 is 2.06 bits per heavy atom. The summed E-state index contributed by atoms with van der Waals surface area (Å²) in [4.78, 5) is 12.0. The third-order valence-electron chi connectivity index (χ3n) is 3.14. The minimum Gasteiger partial charge on any atom is -0.334 e. The predicted octanol–water partition coefficient (Wildman–Crippen LogP) is 2.95. The minimum absolute atomic E-state index is 0.0258. The molecule has 3 nitrogen and oxygen atoms in total. The number of aryl methyl sites for hydroxylation is 1. The van der Waals surface area contributed by atoms with Gasteiger partial charge in [-0.25, -0.2) is 4.39 Å². The molecule has 0 heterocycles. The van der Waals surface area contributed by atoms with Gasteiger partial charge >= 0.3 is 0 Å². The Hall–Kier alpha value is -1.89. The maximum Gasteiger partial charge on any atom is 0.255 e. The summed E-state index contributed by atoms with van der Waals surface area (Å²) in [6.45, 7) is 5.39. The second kappa shape index (κ2) is 5.63. The number of nitriles is 1. The van der Waals surface area contributed by atoms with E-state index in [0.29, 0.717) is 12.8 Å². The molecule has 0 aliphatic rings. The highest BCUT2D eigenvalue weighted by molar-refractivity contribution is 5.95. The topological polar surface area (TPSA) is 52.9 Å². The van der Waals surface area contributed by atoms with Crippen molar-refractivity contribution in [3.8, 4) is 6.07 Å². The molecule has 0 aliphatic heterocycles. The van der Waals surface area contributed by atoms with E-state index in [1.807, 2.05) is 13.8 Å². The normalized spacial score (nSPS) is 10.8. The van der Waals surface area contributed by atoms with E-state index in [-0.39, 0.29) is 5.56 Å². The molecule has 18 heavy (non-hydrogen) atoms. The van der Waals surface area contributed by atoms with Crippen molar-refractivity contribution in [1.82, 2.24) is 5.32 Å². The largest absolute Gasteiger partial charge is 0.334 e. The van der Waals surface area contributed by atoms with Crippen LogP contribution in [0, 0.1) is 24.1 Å². The highest BCUT2D eigenvalue weighted by atomic mass is 19.1. The number of benzene rings is 1. The van der Waals surface area contributed by atoms with Crippen molar-refractivity contribution in [2.24, 2.45) is 0 Å². The number of nitrogens with zero attached hydrogens (tertiary/aromatic N) is 1. The van der Waals surface area contributed by atoms with E-state index in [4.69, 9.17) is 5.26 Å². The molecule has 0 saturated heterocycles. The lowest BCUT2D eigenvalue weighted by atomic mass is 9.94. The van der Waals surface area contributed by atoms with Crippen molar-refractivity contribution in [3.05, 3.63) is 35.1 Å². The Morgan fingerprint density at radius 3 is 2.50 bits per heavy atom. The molecule has 0 radical (unpaired) electrons. The number of halogens is 1. The van der Waals surface area contributed by atoms with Crippen LogP contribution in [0.25, 0.3) is 0 Å². The van der Waals surface area contributed by atoms with E-state index in [2.05, 4.69) is 11.4 Å².